The number of hydrogen-bond acceptors (Lipinski definition) is 3. The largest absolute Gasteiger partial charge is 0.377 e. The summed E-state index contributed by atoms with van der Waals surface area (Å²) in [4.78, 5) is 6.49. The lowest BCUT2D eigenvalue weighted by atomic mass is 10.1. The highest BCUT2D eigenvalue weighted by atomic mass is 15.1. The van der Waals surface area contributed by atoms with E-state index in [1.165, 1.54) is 22.6 Å². The molecule has 1 rings (SSSR count). The molecule has 0 saturated heterocycles. The van der Waals surface area contributed by atoms with Crippen LogP contribution in [-0.2, 0) is 0 Å². The summed E-state index contributed by atoms with van der Waals surface area (Å²) in [5.41, 5.74) is 5.14. The Morgan fingerprint density at radius 2 is 1.12 bits per heavy atom. The zero-order valence-electron chi connectivity index (χ0n) is 11.5. The maximum atomic E-state index is 2.18. The van der Waals surface area contributed by atoms with Crippen molar-refractivity contribution in [2.24, 2.45) is 0 Å². The molecular weight excluding hydrogens is 198 g/mol. The zero-order valence-corrected chi connectivity index (χ0v) is 11.5. The van der Waals surface area contributed by atoms with Crippen LogP contribution in [0.2, 0.25) is 0 Å². The Morgan fingerprint density at radius 3 is 1.50 bits per heavy atom. The third-order valence-electron chi connectivity index (χ3n) is 2.79. The minimum absolute atomic E-state index is 1.26. The van der Waals surface area contributed by atoms with Crippen molar-refractivity contribution in [1.29, 1.82) is 0 Å². The fourth-order valence-corrected chi connectivity index (χ4v) is 2.09. The topological polar surface area (TPSA) is 9.72 Å². The molecule has 1 aromatic rings. The zero-order chi connectivity index (χ0) is 12.5. The van der Waals surface area contributed by atoms with Gasteiger partial charge in [-0.2, -0.15) is 0 Å². The third-order valence-corrected chi connectivity index (χ3v) is 2.79. The summed E-state index contributed by atoms with van der Waals surface area (Å²) in [6.07, 6.45) is 0. The van der Waals surface area contributed by atoms with Crippen LogP contribution in [0.1, 0.15) is 5.56 Å². The summed E-state index contributed by atoms with van der Waals surface area (Å²) in [5.74, 6) is 0. The van der Waals surface area contributed by atoms with Crippen molar-refractivity contribution in [2.75, 3.05) is 57.0 Å². The standard InChI is InChI=1S/C13H23N3/c1-10-11(14(2)3)8-9-12(15(4)5)13(10)16(6)7/h8-9H,1-7H3. The molecule has 0 aliphatic heterocycles. The highest BCUT2D eigenvalue weighted by molar-refractivity contribution is 5.80. The van der Waals surface area contributed by atoms with Gasteiger partial charge in [-0.25, -0.2) is 0 Å². The van der Waals surface area contributed by atoms with E-state index in [9.17, 15) is 0 Å². The molecule has 0 N–H and O–H groups in total. The number of anilines is 3. The van der Waals surface area contributed by atoms with Crippen molar-refractivity contribution in [3.05, 3.63) is 17.7 Å². The van der Waals surface area contributed by atoms with Gasteiger partial charge in [-0.15, -0.1) is 0 Å². The first-order valence-electron chi connectivity index (χ1n) is 5.51. The number of nitrogens with zero attached hydrogens (tertiary/aromatic N) is 3. The quantitative estimate of drug-likeness (QED) is 0.774. The van der Waals surface area contributed by atoms with Gasteiger partial charge < -0.3 is 14.7 Å². The summed E-state index contributed by atoms with van der Waals surface area (Å²) < 4.78 is 0. The lowest BCUT2D eigenvalue weighted by Crippen LogP contribution is -2.20. The van der Waals surface area contributed by atoms with E-state index in [1.807, 2.05) is 0 Å². The second-order valence-corrected chi connectivity index (χ2v) is 4.76. The van der Waals surface area contributed by atoms with E-state index in [0.29, 0.717) is 0 Å². The Hall–Kier alpha value is -1.38. The van der Waals surface area contributed by atoms with E-state index in [0.717, 1.165) is 0 Å². The lowest BCUT2D eigenvalue weighted by Gasteiger charge is -2.28. The fraction of sp³-hybridized carbons (Fsp3) is 0.538. The minimum Gasteiger partial charge on any atom is -0.377 e. The molecule has 0 atom stereocenters. The molecule has 0 fully saturated rings. The van der Waals surface area contributed by atoms with Gasteiger partial charge in [-0.3, -0.25) is 0 Å². The lowest BCUT2D eigenvalue weighted by molar-refractivity contribution is 1.05. The molecule has 0 unspecified atom stereocenters. The molecule has 0 radical (unpaired) electrons. The molecule has 0 saturated carbocycles. The molecule has 3 nitrogen and oxygen atoms in total. The van der Waals surface area contributed by atoms with E-state index in [4.69, 9.17) is 0 Å². The first-order valence-corrected chi connectivity index (χ1v) is 5.51. The SMILES string of the molecule is Cc1c(N(C)C)ccc(N(C)C)c1N(C)C. The third kappa shape index (κ3) is 2.23. The number of rotatable bonds is 3. The van der Waals surface area contributed by atoms with E-state index in [1.54, 1.807) is 0 Å². The highest BCUT2D eigenvalue weighted by Crippen LogP contribution is 2.35. The van der Waals surface area contributed by atoms with E-state index in [2.05, 4.69) is 76.0 Å². The van der Waals surface area contributed by atoms with Crippen molar-refractivity contribution in [2.45, 2.75) is 6.92 Å². The number of hydrogen-bond donors (Lipinski definition) is 0. The molecule has 90 valence electrons. The number of benzene rings is 1. The monoisotopic (exact) mass is 221 g/mol. The van der Waals surface area contributed by atoms with Gasteiger partial charge in [0.15, 0.2) is 0 Å². The van der Waals surface area contributed by atoms with Crippen LogP contribution in [-0.4, -0.2) is 42.3 Å². The van der Waals surface area contributed by atoms with E-state index >= 15 is 0 Å². The fourth-order valence-electron chi connectivity index (χ4n) is 2.09. The van der Waals surface area contributed by atoms with Gasteiger partial charge >= 0.3 is 0 Å². The van der Waals surface area contributed by atoms with Crippen LogP contribution < -0.4 is 14.7 Å². The Labute approximate surface area is 99.3 Å². The maximum Gasteiger partial charge on any atom is 0.0649 e. The molecule has 16 heavy (non-hydrogen) atoms. The maximum absolute atomic E-state index is 2.18. The van der Waals surface area contributed by atoms with Gasteiger partial charge in [-0.05, 0) is 24.6 Å². The molecule has 0 aromatic heterocycles. The van der Waals surface area contributed by atoms with Gasteiger partial charge in [0.1, 0.15) is 0 Å². The van der Waals surface area contributed by atoms with Crippen LogP contribution >= 0.6 is 0 Å². The molecule has 1 aromatic carbocycles. The van der Waals surface area contributed by atoms with Crippen LogP contribution in [0.5, 0.6) is 0 Å². The van der Waals surface area contributed by atoms with Crippen LogP contribution in [0.3, 0.4) is 0 Å². The van der Waals surface area contributed by atoms with Crippen molar-refractivity contribution >= 4 is 17.1 Å². The van der Waals surface area contributed by atoms with Gasteiger partial charge in [0.05, 0.1) is 11.4 Å². The van der Waals surface area contributed by atoms with Gasteiger partial charge in [0.2, 0.25) is 0 Å². The Morgan fingerprint density at radius 1 is 0.688 bits per heavy atom. The molecule has 0 amide bonds. The van der Waals surface area contributed by atoms with Crippen molar-refractivity contribution in [3.8, 4) is 0 Å². The van der Waals surface area contributed by atoms with Gasteiger partial charge in [-0.1, -0.05) is 0 Å². The second kappa shape index (κ2) is 4.64. The molecular formula is C13H23N3. The average molecular weight is 221 g/mol. The minimum atomic E-state index is 1.26. The van der Waals surface area contributed by atoms with Crippen molar-refractivity contribution in [1.82, 2.24) is 0 Å². The summed E-state index contributed by atoms with van der Waals surface area (Å²) in [5, 5.41) is 0. The molecule has 0 aliphatic rings. The highest BCUT2D eigenvalue weighted by Gasteiger charge is 2.13. The van der Waals surface area contributed by atoms with Crippen LogP contribution in [0.15, 0.2) is 12.1 Å². The molecule has 0 spiro atoms. The predicted molar refractivity (Wildman–Crippen MR) is 74.2 cm³/mol. The Bertz CT molecular complexity index is 368. The van der Waals surface area contributed by atoms with E-state index in [-0.39, 0.29) is 0 Å². The smallest absolute Gasteiger partial charge is 0.0649 e. The summed E-state index contributed by atoms with van der Waals surface area (Å²) in [6.45, 7) is 2.18. The van der Waals surface area contributed by atoms with Crippen LogP contribution in [0, 0.1) is 6.92 Å². The summed E-state index contributed by atoms with van der Waals surface area (Å²) in [7, 11) is 12.5. The summed E-state index contributed by atoms with van der Waals surface area (Å²) in [6, 6.07) is 4.36. The summed E-state index contributed by atoms with van der Waals surface area (Å²) >= 11 is 0. The molecule has 3 heteroatoms. The normalized spacial score (nSPS) is 10.2. The Kier molecular flexibility index (Phi) is 3.68. The predicted octanol–water partition coefficient (Wildman–Crippen LogP) is 2.19. The van der Waals surface area contributed by atoms with Gasteiger partial charge in [0, 0.05) is 48.0 Å². The van der Waals surface area contributed by atoms with Gasteiger partial charge in [0.25, 0.3) is 0 Å². The van der Waals surface area contributed by atoms with Crippen molar-refractivity contribution < 1.29 is 0 Å². The average Bonchev–Trinajstić information content (AvgIpc) is 2.15. The first-order chi connectivity index (χ1) is 7.36. The van der Waals surface area contributed by atoms with Crippen molar-refractivity contribution in [3.63, 3.8) is 0 Å². The first kappa shape index (κ1) is 12.7. The van der Waals surface area contributed by atoms with Crippen LogP contribution in [0.25, 0.3) is 0 Å². The van der Waals surface area contributed by atoms with Crippen LogP contribution in [0.4, 0.5) is 17.1 Å². The molecule has 0 heterocycles. The van der Waals surface area contributed by atoms with E-state index < -0.39 is 0 Å². The second-order valence-electron chi connectivity index (χ2n) is 4.76. The Balaban J connectivity index is 3.42. The molecule has 0 bridgehead atoms. The molecule has 0 aliphatic carbocycles.